The molecule has 0 aliphatic heterocycles. The van der Waals surface area contributed by atoms with Crippen LogP contribution in [-0.4, -0.2) is 38.1 Å². The molecule has 0 saturated carbocycles. The Morgan fingerprint density at radius 3 is 2.31 bits per heavy atom. The second-order valence-electron chi connectivity index (χ2n) is 7.78. The second kappa shape index (κ2) is 12.4. The van der Waals surface area contributed by atoms with Crippen molar-refractivity contribution in [1.29, 1.82) is 0 Å². The molecule has 35 heavy (non-hydrogen) atoms. The number of aryl methyl sites for hydroxylation is 1. The van der Waals surface area contributed by atoms with Crippen LogP contribution in [0.4, 0.5) is 11.4 Å². The molecule has 184 valence electrons. The molecule has 0 atom stereocenters. The summed E-state index contributed by atoms with van der Waals surface area (Å²) in [6.45, 7) is 2.06. The number of non-ortho nitro benzene ring substituents is 1. The summed E-state index contributed by atoms with van der Waals surface area (Å²) in [5, 5.41) is 13.8. The Hall–Kier alpha value is -3.37. The van der Waals surface area contributed by atoms with E-state index in [-0.39, 0.29) is 16.3 Å². The Morgan fingerprint density at radius 1 is 1.00 bits per heavy atom. The maximum absolute atomic E-state index is 13.3. The summed E-state index contributed by atoms with van der Waals surface area (Å²) in [7, 11) is -4.06. The van der Waals surface area contributed by atoms with Crippen LogP contribution in [-0.2, 0) is 20.6 Å². The molecule has 0 aliphatic rings. The van der Waals surface area contributed by atoms with Crippen molar-refractivity contribution in [1.82, 2.24) is 5.32 Å². The van der Waals surface area contributed by atoms with Gasteiger partial charge in [-0.25, -0.2) is 8.42 Å². The lowest BCUT2D eigenvalue weighted by Gasteiger charge is -2.24. The van der Waals surface area contributed by atoms with Gasteiger partial charge in [0.15, 0.2) is 0 Å². The minimum absolute atomic E-state index is 0.0266. The number of thioether (sulfide) groups is 1. The lowest BCUT2D eigenvalue weighted by Crippen LogP contribution is -2.41. The number of nitrogens with zero attached hydrogens (tertiary/aromatic N) is 2. The van der Waals surface area contributed by atoms with E-state index in [2.05, 4.69) is 24.4 Å². The van der Waals surface area contributed by atoms with Crippen molar-refractivity contribution in [3.05, 3.63) is 100 Å². The van der Waals surface area contributed by atoms with E-state index in [1.165, 1.54) is 47.5 Å². The van der Waals surface area contributed by atoms with E-state index >= 15 is 0 Å². The Bertz CT molecular complexity index is 1250. The van der Waals surface area contributed by atoms with Crippen LogP contribution in [0.5, 0.6) is 0 Å². The number of hydrogen-bond acceptors (Lipinski definition) is 6. The van der Waals surface area contributed by atoms with Crippen molar-refractivity contribution in [3.63, 3.8) is 0 Å². The first kappa shape index (κ1) is 26.2. The minimum Gasteiger partial charge on any atom is -0.354 e. The standard InChI is InChI=1S/C25H27N3O5S2/c1-20-8-5-6-9-21(20)19-34-17-7-16-26-25(29)18-27(22-12-14-23(15-13-22)28(30)31)35(32,33)24-10-3-2-4-11-24/h2-6,8-15H,7,16-19H2,1H3,(H,26,29). The van der Waals surface area contributed by atoms with Crippen LogP contribution in [0, 0.1) is 17.0 Å². The van der Waals surface area contributed by atoms with E-state index < -0.39 is 27.4 Å². The summed E-state index contributed by atoms with van der Waals surface area (Å²) < 4.78 is 27.5. The number of rotatable bonds is 12. The van der Waals surface area contributed by atoms with Crippen molar-refractivity contribution in [2.24, 2.45) is 0 Å². The monoisotopic (exact) mass is 513 g/mol. The number of sulfonamides is 1. The molecule has 8 nitrogen and oxygen atoms in total. The van der Waals surface area contributed by atoms with E-state index in [0.717, 1.165) is 22.2 Å². The van der Waals surface area contributed by atoms with Crippen LogP contribution in [0.1, 0.15) is 17.5 Å². The van der Waals surface area contributed by atoms with Crippen LogP contribution in [0.25, 0.3) is 0 Å². The van der Waals surface area contributed by atoms with E-state index in [9.17, 15) is 23.3 Å². The fourth-order valence-electron chi connectivity index (χ4n) is 3.32. The zero-order chi connectivity index (χ0) is 25.3. The third-order valence-corrected chi connectivity index (χ3v) is 8.15. The van der Waals surface area contributed by atoms with Gasteiger partial charge in [-0.2, -0.15) is 11.8 Å². The van der Waals surface area contributed by atoms with Gasteiger partial charge in [-0.1, -0.05) is 42.5 Å². The van der Waals surface area contributed by atoms with Gasteiger partial charge in [0.05, 0.1) is 15.5 Å². The normalized spacial score (nSPS) is 11.1. The number of carbonyl (C=O) groups excluding carboxylic acids is 1. The third kappa shape index (κ3) is 7.30. The topological polar surface area (TPSA) is 110 Å². The number of anilines is 1. The molecule has 0 bridgehead atoms. The van der Waals surface area contributed by atoms with Crippen molar-refractivity contribution >= 4 is 39.1 Å². The SMILES string of the molecule is Cc1ccccc1CSCCCNC(=O)CN(c1ccc([N+](=O)[O-])cc1)S(=O)(=O)c1ccccc1. The van der Waals surface area contributed by atoms with Crippen LogP contribution in [0.2, 0.25) is 0 Å². The highest BCUT2D eigenvalue weighted by atomic mass is 32.2. The summed E-state index contributed by atoms with van der Waals surface area (Å²) in [5.74, 6) is 1.29. The van der Waals surface area contributed by atoms with Gasteiger partial charge in [-0.05, 0) is 54.5 Å². The molecule has 0 aliphatic carbocycles. The highest BCUT2D eigenvalue weighted by molar-refractivity contribution is 7.98. The third-order valence-electron chi connectivity index (χ3n) is 5.27. The molecule has 10 heteroatoms. The molecular formula is C25H27N3O5S2. The molecule has 3 rings (SSSR count). The summed E-state index contributed by atoms with van der Waals surface area (Å²) in [5.41, 5.74) is 2.53. The summed E-state index contributed by atoms with van der Waals surface area (Å²) in [6, 6.07) is 21.1. The van der Waals surface area contributed by atoms with Crippen LogP contribution in [0.15, 0.2) is 83.8 Å². The highest BCUT2D eigenvalue weighted by Gasteiger charge is 2.27. The summed E-state index contributed by atoms with van der Waals surface area (Å²) >= 11 is 1.78. The molecule has 3 aromatic rings. The van der Waals surface area contributed by atoms with Gasteiger partial charge in [-0.3, -0.25) is 19.2 Å². The number of amides is 1. The van der Waals surface area contributed by atoms with Crippen LogP contribution >= 0.6 is 11.8 Å². The van der Waals surface area contributed by atoms with Gasteiger partial charge in [0.25, 0.3) is 15.7 Å². The van der Waals surface area contributed by atoms with Gasteiger partial charge in [0, 0.05) is 24.4 Å². The molecule has 0 aromatic heterocycles. The van der Waals surface area contributed by atoms with Crippen molar-refractivity contribution in [2.75, 3.05) is 23.1 Å². The molecule has 0 unspecified atom stereocenters. The molecule has 1 amide bonds. The molecule has 3 aromatic carbocycles. The number of benzene rings is 3. The average molecular weight is 514 g/mol. The maximum atomic E-state index is 13.3. The van der Waals surface area contributed by atoms with Gasteiger partial charge < -0.3 is 5.32 Å². The molecule has 0 heterocycles. The Balaban J connectivity index is 1.61. The van der Waals surface area contributed by atoms with Crippen LogP contribution in [0.3, 0.4) is 0 Å². The lowest BCUT2D eigenvalue weighted by molar-refractivity contribution is -0.384. The van der Waals surface area contributed by atoms with Gasteiger partial charge >= 0.3 is 0 Å². The average Bonchev–Trinajstić information content (AvgIpc) is 2.86. The quantitative estimate of drug-likeness (QED) is 0.216. The van der Waals surface area contributed by atoms with Gasteiger partial charge in [0.1, 0.15) is 6.54 Å². The lowest BCUT2D eigenvalue weighted by atomic mass is 10.1. The first-order chi connectivity index (χ1) is 16.8. The number of hydrogen-bond donors (Lipinski definition) is 1. The largest absolute Gasteiger partial charge is 0.354 e. The van der Waals surface area contributed by atoms with Gasteiger partial charge in [0.2, 0.25) is 5.91 Å². The number of carbonyl (C=O) groups is 1. The smallest absolute Gasteiger partial charge is 0.269 e. The number of nitrogens with one attached hydrogen (secondary N) is 1. The van der Waals surface area contributed by atoms with E-state index in [1.54, 1.807) is 30.0 Å². The maximum Gasteiger partial charge on any atom is 0.269 e. The first-order valence-electron chi connectivity index (χ1n) is 11.0. The number of nitro groups is 1. The Morgan fingerprint density at radius 2 is 1.66 bits per heavy atom. The molecule has 0 fully saturated rings. The summed E-state index contributed by atoms with van der Waals surface area (Å²) in [6.07, 6.45) is 0.741. The van der Waals surface area contributed by atoms with Crippen molar-refractivity contribution < 1.29 is 18.1 Å². The molecule has 0 saturated heterocycles. The van der Waals surface area contributed by atoms with E-state index in [0.29, 0.717) is 6.54 Å². The summed E-state index contributed by atoms with van der Waals surface area (Å²) in [4.78, 5) is 23.1. The predicted molar refractivity (Wildman–Crippen MR) is 139 cm³/mol. The van der Waals surface area contributed by atoms with Crippen molar-refractivity contribution in [3.8, 4) is 0 Å². The van der Waals surface area contributed by atoms with E-state index in [4.69, 9.17) is 0 Å². The van der Waals surface area contributed by atoms with E-state index in [1.807, 2.05) is 12.1 Å². The fraction of sp³-hybridized carbons (Fsp3) is 0.240. The minimum atomic E-state index is -4.06. The van der Waals surface area contributed by atoms with Gasteiger partial charge in [-0.15, -0.1) is 0 Å². The first-order valence-corrected chi connectivity index (χ1v) is 13.6. The van der Waals surface area contributed by atoms with Crippen LogP contribution < -0.4 is 9.62 Å². The predicted octanol–water partition coefficient (Wildman–Crippen LogP) is 4.54. The molecule has 0 spiro atoms. The molecule has 0 radical (unpaired) electrons. The number of nitro benzene ring substituents is 1. The second-order valence-corrected chi connectivity index (χ2v) is 10.7. The molecule has 1 N–H and O–H groups in total. The van der Waals surface area contributed by atoms with Crippen molar-refractivity contribution in [2.45, 2.75) is 24.0 Å². The zero-order valence-corrected chi connectivity index (χ0v) is 20.9. The highest BCUT2D eigenvalue weighted by Crippen LogP contribution is 2.25. The molecular weight excluding hydrogens is 486 g/mol. The zero-order valence-electron chi connectivity index (χ0n) is 19.3. The Labute approximate surface area is 209 Å². The fourth-order valence-corrected chi connectivity index (χ4v) is 5.80. The Kier molecular flexibility index (Phi) is 9.27.